The van der Waals surface area contributed by atoms with Gasteiger partial charge in [-0.1, -0.05) is 6.07 Å². The highest BCUT2D eigenvalue weighted by Crippen LogP contribution is 2.22. The van der Waals surface area contributed by atoms with Gasteiger partial charge in [0.2, 0.25) is 0 Å². The van der Waals surface area contributed by atoms with Crippen LogP contribution in [-0.2, 0) is 17.6 Å². The highest BCUT2D eigenvalue weighted by molar-refractivity contribution is 5.97. The summed E-state index contributed by atoms with van der Waals surface area (Å²) in [7, 11) is 0. The molecule has 0 radical (unpaired) electrons. The number of fused-ring (bicyclic) bond motifs is 1. The summed E-state index contributed by atoms with van der Waals surface area (Å²) in [6, 6.07) is 4.17. The van der Waals surface area contributed by atoms with Gasteiger partial charge >= 0.3 is 5.97 Å². The fourth-order valence-corrected chi connectivity index (χ4v) is 2.49. The number of hydrogen-bond acceptors (Lipinski definition) is 3. The van der Waals surface area contributed by atoms with Crippen molar-refractivity contribution in [2.75, 3.05) is 0 Å². The number of aryl methyl sites for hydroxylation is 2. The molecular weight excluding hydrogens is 258 g/mol. The molecule has 2 rings (SSSR count). The number of aliphatic hydroxyl groups excluding tert-OH is 1. The average Bonchev–Trinajstić information content (AvgIpc) is 2.43. The van der Waals surface area contributed by atoms with Crippen LogP contribution >= 0.6 is 0 Å². The number of carboxylic acids is 1. The average molecular weight is 277 g/mol. The SMILES string of the molecule is CC(O)C(NC(=O)c1ccc2c(c1)CCCC2)C(=O)O. The predicted molar refractivity (Wildman–Crippen MR) is 73.7 cm³/mol. The van der Waals surface area contributed by atoms with Crippen LogP contribution in [0.15, 0.2) is 18.2 Å². The lowest BCUT2D eigenvalue weighted by Crippen LogP contribution is -2.47. The van der Waals surface area contributed by atoms with Crippen LogP contribution in [0, 0.1) is 0 Å². The third-order valence-electron chi connectivity index (χ3n) is 3.65. The number of benzene rings is 1. The first-order valence-electron chi connectivity index (χ1n) is 6.82. The van der Waals surface area contributed by atoms with Crippen LogP contribution in [0.25, 0.3) is 0 Å². The second kappa shape index (κ2) is 6.05. The van der Waals surface area contributed by atoms with Gasteiger partial charge in [-0.2, -0.15) is 0 Å². The van der Waals surface area contributed by atoms with Crippen molar-refractivity contribution >= 4 is 11.9 Å². The molecule has 1 aliphatic carbocycles. The van der Waals surface area contributed by atoms with Crippen LogP contribution in [0.1, 0.15) is 41.3 Å². The topological polar surface area (TPSA) is 86.6 Å². The number of hydrogen-bond donors (Lipinski definition) is 3. The van der Waals surface area contributed by atoms with Crippen molar-refractivity contribution in [1.82, 2.24) is 5.32 Å². The number of carbonyl (C=O) groups is 2. The van der Waals surface area contributed by atoms with Gasteiger partial charge in [-0.3, -0.25) is 4.79 Å². The lowest BCUT2D eigenvalue weighted by Gasteiger charge is -2.19. The van der Waals surface area contributed by atoms with Crippen molar-refractivity contribution in [2.24, 2.45) is 0 Å². The normalized spacial score (nSPS) is 16.9. The molecule has 0 bridgehead atoms. The van der Waals surface area contributed by atoms with Crippen molar-refractivity contribution in [3.63, 3.8) is 0 Å². The fraction of sp³-hybridized carbons (Fsp3) is 0.467. The molecule has 1 aromatic carbocycles. The number of carbonyl (C=O) groups excluding carboxylic acids is 1. The number of amides is 1. The van der Waals surface area contributed by atoms with Gasteiger partial charge in [-0.05, 0) is 55.9 Å². The van der Waals surface area contributed by atoms with E-state index in [1.807, 2.05) is 12.1 Å². The molecule has 1 amide bonds. The maximum absolute atomic E-state index is 12.1. The highest BCUT2D eigenvalue weighted by atomic mass is 16.4. The standard InChI is InChI=1S/C15H19NO4/c1-9(17)13(15(19)20)16-14(18)12-7-6-10-4-2-3-5-11(10)8-12/h6-9,13,17H,2-5H2,1H3,(H,16,18)(H,19,20). The van der Waals surface area contributed by atoms with Gasteiger partial charge in [0.05, 0.1) is 6.10 Å². The van der Waals surface area contributed by atoms with Gasteiger partial charge < -0.3 is 15.5 Å². The molecule has 2 atom stereocenters. The third kappa shape index (κ3) is 3.17. The molecule has 2 unspecified atom stereocenters. The van der Waals surface area contributed by atoms with E-state index in [4.69, 9.17) is 5.11 Å². The Morgan fingerprint density at radius 3 is 2.45 bits per heavy atom. The number of aliphatic hydroxyl groups is 1. The molecule has 0 aliphatic heterocycles. The predicted octanol–water partition coefficient (Wildman–Crippen LogP) is 1.13. The third-order valence-corrected chi connectivity index (χ3v) is 3.65. The maximum Gasteiger partial charge on any atom is 0.328 e. The Morgan fingerprint density at radius 1 is 1.20 bits per heavy atom. The van der Waals surface area contributed by atoms with E-state index in [9.17, 15) is 14.7 Å². The number of aliphatic carboxylic acids is 1. The first-order valence-corrected chi connectivity index (χ1v) is 6.82. The van der Waals surface area contributed by atoms with E-state index in [-0.39, 0.29) is 0 Å². The lowest BCUT2D eigenvalue weighted by atomic mass is 9.90. The summed E-state index contributed by atoms with van der Waals surface area (Å²) in [5.41, 5.74) is 2.86. The van der Waals surface area contributed by atoms with E-state index >= 15 is 0 Å². The minimum Gasteiger partial charge on any atom is -0.480 e. The molecule has 5 heteroatoms. The molecule has 0 spiro atoms. The fourth-order valence-electron chi connectivity index (χ4n) is 2.49. The number of nitrogens with one attached hydrogen (secondary N) is 1. The minimum atomic E-state index is -1.29. The molecule has 5 nitrogen and oxygen atoms in total. The lowest BCUT2D eigenvalue weighted by molar-refractivity contribution is -0.141. The van der Waals surface area contributed by atoms with Crippen molar-refractivity contribution in [1.29, 1.82) is 0 Å². The number of carboxylic acid groups (broad SMARTS) is 1. The van der Waals surface area contributed by atoms with Crippen molar-refractivity contribution in [2.45, 2.75) is 44.8 Å². The van der Waals surface area contributed by atoms with Crippen LogP contribution in [-0.4, -0.2) is 34.2 Å². The maximum atomic E-state index is 12.1. The Bertz CT molecular complexity index is 525. The Kier molecular flexibility index (Phi) is 4.39. The first kappa shape index (κ1) is 14.5. The molecule has 0 heterocycles. The first-order chi connectivity index (χ1) is 9.49. The summed E-state index contributed by atoms with van der Waals surface area (Å²) in [6.07, 6.45) is 3.12. The molecule has 0 fully saturated rings. The molecule has 0 saturated heterocycles. The summed E-state index contributed by atoms with van der Waals surface area (Å²) >= 11 is 0. The van der Waals surface area contributed by atoms with Crippen LogP contribution in [0.2, 0.25) is 0 Å². The summed E-state index contributed by atoms with van der Waals surface area (Å²) in [5, 5.41) is 20.7. The molecule has 1 aliphatic rings. The van der Waals surface area contributed by atoms with Crippen LogP contribution < -0.4 is 5.32 Å². The summed E-state index contributed by atoms with van der Waals surface area (Å²) < 4.78 is 0. The second-order valence-corrected chi connectivity index (χ2v) is 5.22. The molecule has 1 aromatic rings. The van der Waals surface area contributed by atoms with E-state index in [0.717, 1.165) is 24.8 Å². The van der Waals surface area contributed by atoms with Crippen LogP contribution in [0.4, 0.5) is 0 Å². The monoisotopic (exact) mass is 277 g/mol. The highest BCUT2D eigenvalue weighted by Gasteiger charge is 2.25. The van der Waals surface area contributed by atoms with E-state index in [2.05, 4.69) is 5.32 Å². The zero-order chi connectivity index (χ0) is 14.7. The smallest absolute Gasteiger partial charge is 0.328 e. The molecule has 0 aromatic heterocycles. The molecular formula is C15H19NO4. The molecule has 3 N–H and O–H groups in total. The van der Waals surface area contributed by atoms with E-state index in [1.165, 1.54) is 18.9 Å². The van der Waals surface area contributed by atoms with Gasteiger partial charge in [0, 0.05) is 5.56 Å². The Labute approximate surface area is 117 Å². The zero-order valence-electron chi connectivity index (χ0n) is 11.4. The zero-order valence-corrected chi connectivity index (χ0v) is 11.4. The summed E-state index contributed by atoms with van der Waals surface area (Å²) in [4.78, 5) is 23.0. The Morgan fingerprint density at radius 2 is 1.85 bits per heavy atom. The Balaban J connectivity index is 2.15. The largest absolute Gasteiger partial charge is 0.480 e. The van der Waals surface area contributed by atoms with Crippen molar-refractivity contribution < 1.29 is 19.8 Å². The molecule has 108 valence electrons. The number of rotatable bonds is 4. The van der Waals surface area contributed by atoms with Gasteiger partial charge in [-0.25, -0.2) is 4.79 Å². The summed E-state index contributed by atoms with van der Waals surface area (Å²) in [5.74, 6) is -1.71. The van der Waals surface area contributed by atoms with Crippen molar-refractivity contribution in [3.05, 3.63) is 34.9 Å². The van der Waals surface area contributed by atoms with Crippen LogP contribution in [0.5, 0.6) is 0 Å². The second-order valence-electron chi connectivity index (χ2n) is 5.22. The Hall–Kier alpha value is -1.88. The van der Waals surface area contributed by atoms with E-state index < -0.39 is 24.0 Å². The molecule has 20 heavy (non-hydrogen) atoms. The quantitative estimate of drug-likeness (QED) is 0.770. The van der Waals surface area contributed by atoms with Gasteiger partial charge in [0.15, 0.2) is 6.04 Å². The van der Waals surface area contributed by atoms with Crippen molar-refractivity contribution in [3.8, 4) is 0 Å². The van der Waals surface area contributed by atoms with Gasteiger partial charge in [0.1, 0.15) is 0 Å². The van der Waals surface area contributed by atoms with E-state index in [0.29, 0.717) is 5.56 Å². The minimum absolute atomic E-state index is 0.442. The van der Waals surface area contributed by atoms with Gasteiger partial charge in [0.25, 0.3) is 5.91 Å². The van der Waals surface area contributed by atoms with Crippen LogP contribution in [0.3, 0.4) is 0 Å². The van der Waals surface area contributed by atoms with E-state index in [1.54, 1.807) is 6.07 Å². The van der Waals surface area contributed by atoms with Gasteiger partial charge in [-0.15, -0.1) is 0 Å². The summed E-state index contributed by atoms with van der Waals surface area (Å²) in [6.45, 7) is 1.34. The molecule has 0 saturated carbocycles.